The second-order valence-electron chi connectivity index (χ2n) is 5.10. The zero-order valence-electron chi connectivity index (χ0n) is 13.3. The summed E-state index contributed by atoms with van der Waals surface area (Å²) < 4.78 is 38.3. The molecule has 9 heteroatoms. The minimum atomic E-state index is -3.91. The van der Waals surface area contributed by atoms with Crippen LogP contribution >= 0.6 is 0 Å². The number of nitrogens with zero attached hydrogens (tertiary/aromatic N) is 2. The third kappa shape index (κ3) is 5.10. The lowest BCUT2D eigenvalue weighted by Gasteiger charge is -2.16. The van der Waals surface area contributed by atoms with Crippen LogP contribution in [0.25, 0.3) is 0 Å². The molecule has 7 nitrogen and oxygen atoms in total. The average molecular weight is 365 g/mol. The number of nitrogens with one attached hydrogen (secondary N) is 1. The summed E-state index contributed by atoms with van der Waals surface area (Å²) in [5, 5.41) is 12.9. The summed E-state index contributed by atoms with van der Waals surface area (Å²) in [6.45, 7) is -0.452. The first kappa shape index (κ1) is 18.6. The van der Waals surface area contributed by atoms with Crippen LogP contribution < -0.4 is 5.43 Å². The van der Waals surface area contributed by atoms with Crippen molar-refractivity contribution in [2.75, 3.05) is 13.6 Å². The van der Waals surface area contributed by atoms with Gasteiger partial charge in [-0.05, 0) is 54.1 Å². The van der Waals surface area contributed by atoms with Crippen molar-refractivity contribution in [3.8, 4) is 5.75 Å². The Labute approximate surface area is 144 Å². The van der Waals surface area contributed by atoms with Crippen molar-refractivity contribution < 1.29 is 22.7 Å². The molecule has 0 saturated carbocycles. The molecule has 0 aliphatic rings. The van der Waals surface area contributed by atoms with Crippen molar-refractivity contribution in [3.63, 3.8) is 0 Å². The van der Waals surface area contributed by atoms with Crippen LogP contribution in [-0.4, -0.2) is 43.5 Å². The van der Waals surface area contributed by atoms with Crippen LogP contribution in [-0.2, 0) is 14.8 Å². The van der Waals surface area contributed by atoms with Crippen molar-refractivity contribution in [2.45, 2.75) is 4.90 Å². The lowest BCUT2D eigenvalue weighted by Crippen LogP contribution is -2.36. The number of phenols is 1. The van der Waals surface area contributed by atoms with Crippen molar-refractivity contribution in [1.29, 1.82) is 0 Å². The number of hydrazone groups is 1. The van der Waals surface area contributed by atoms with E-state index in [2.05, 4.69) is 10.5 Å². The molecule has 0 radical (unpaired) electrons. The SMILES string of the molecule is CN(CC(=O)N/N=C\c1ccc(O)cc1)S(=O)(=O)c1ccc(F)cc1. The fourth-order valence-corrected chi connectivity index (χ4v) is 2.98. The van der Waals surface area contributed by atoms with Gasteiger partial charge in [-0.25, -0.2) is 18.2 Å². The van der Waals surface area contributed by atoms with Crippen LogP contribution in [0.4, 0.5) is 4.39 Å². The zero-order valence-corrected chi connectivity index (χ0v) is 14.1. The molecule has 2 rings (SSSR count). The Hall–Kier alpha value is -2.78. The molecule has 0 fully saturated rings. The molecule has 0 unspecified atom stereocenters. The molecule has 0 spiro atoms. The van der Waals surface area contributed by atoms with Gasteiger partial charge in [-0.2, -0.15) is 9.41 Å². The molecule has 0 aromatic heterocycles. The van der Waals surface area contributed by atoms with E-state index < -0.39 is 28.3 Å². The molecule has 0 aliphatic heterocycles. The summed E-state index contributed by atoms with van der Waals surface area (Å²) in [4.78, 5) is 11.7. The van der Waals surface area contributed by atoms with Crippen LogP contribution in [0.5, 0.6) is 5.75 Å². The maximum absolute atomic E-state index is 12.9. The molecular formula is C16H16FN3O4S. The predicted octanol–water partition coefficient (Wildman–Crippen LogP) is 1.30. The quantitative estimate of drug-likeness (QED) is 0.595. The van der Waals surface area contributed by atoms with Crippen LogP contribution in [0.15, 0.2) is 58.5 Å². The van der Waals surface area contributed by atoms with Crippen molar-refractivity contribution >= 4 is 22.1 Å². The third-order valence-electron chi connectivity index (χ3n) is 3.18. The lowest BCUT2D eigenvalue weighted by atomic mass is 10.2. The molecule has 2 N–H and O–H groups in total. The Morgan fingerprint density at radius 1 is 1.20 bits per heavy atom. The maximum atomic E-state index is 12.9. The number of hydrogen-bond donors (Lipinski definition) is 2. The van der Waals surface area contributed by atoms with Gasteiger partial charge in [0, 0.05) is 7.05 Å². The van der Waals surface area contributed by atoms with E-state index in [1.807, 2.05) is 0 Å². The standard InChI is InChI=1S/C16H16FN3O4S/c1-20(25(23,24)15-8-4-13(17)5-9-15)11-16(22)19-18-10-12-2-6-14(21)7-3-12/h2-10,21H,11H2,1H3,(H,19,22)/b18-10-. The molecule has 0 saturated heterocycles. The smallest absolute Gasteiger partial charge is 0.255 e. The Morgan fingerprint density at radius 3 is 2.40 bits per heavy atom. The highest BCUT2D eigenvalue weighted by molar-refractivity contribution is 7.89. The van der Waals surface area contributed by atoms with E-state index in [0.29, 0.717) is 5.56 Å². The summed E-state index contributed by atoms with van der Waals surface area (Å²) in [6, 6.07) is 10.4. The number of rotatable bonds is 6. The number of halogens is 1. The zero-order chi connectivity index (χ0) is 18.4. The number of carbonyl (C=O) groups excluding carboxylic acids is 1. The van der Waals surface area contributed by atoms with Crippen molar-refractivity contribution in [3.05, 3.63) is 59.9 Å². The molecule has 0 bridgehead atoms. The van der Waals surface area contributed by atoms with Crippen LogP contribution in [0.1, 0.15) is 5.56 Å². The molecule has 1 amide bonds. The highest BCUT2D eigenvalue weighted by Gasteiger charge is 2.22. The Kier molecular flexibility index (Phi) is 5.84. The number of phenolic OH excluding ortho intramolecular Hbond substituents is 1. The molecule has 25 heavy (non-hydrogen) atoms. The van der Waals surface area contributed by atoms with Gasteiger partial charge in [0.2, 0.25) is 10.0 Å². The van der Waals surface area contributed by atoms with Gasteiger partial charge in [0.25, 0.3) is 5.91 Å². The van der Waals surface area contributed by atoms with Crippen LogP contribution in [0.2, 0.25) is 0 Å². The predicted molar refractivity (Wildman–Crippen MR) is 90.1 cm³/mol. The van der Waals surface area contributed by atoms with Crippen LogP contribution in [0.3, 0.4) is 0 Å². The summed E-state index contributed by atoms with van der Waals surface area (Å²) in [6.07, 6.45) is 1.35. The van der Waals surface area contributed by atoms with Gasteiger partial charge in [0.05, 0.1) is 17.7 Å². The first-order valence-corrected chi connectivity index (χ1v) is 8.56. The minimum absolute atomic E-state index is 0.105. The minimum Gasteiger partial charge on any atom is -0.508 e. The maximum Gasteiger partial charge on any atom is 0.255 e. The molecule has 0 aliphatic carbocycles. The first-order valence-electron chi connectivity index (χ1n) is 7.12. The van der Waals surface area contributed by atoms with Gasteiger partial charge in [-0.15, -0.1) is 0 Å². The van der Waals surface area contributed by atoms with E-state index >= 15 is 0 Å². The van der Waals surface area contributed by atoms with E-state index in [9.17, 15) is 17.6 Å². The summed E-state index contributed by atoms with van der Waals surface area (Å²) in [5.41, 5.74) is 2.86. The van der Waals surface area contributed by atoms with Gasteiger partial charge < -0.3 is 5.11 Å². The number of aromatic hydroxyl groups is 1. The summed E-state index contributed by atoms with van der Waals surface area (Å²) in [5.74, 6) is -1.08. The molecule has 2 aromatic carbocycles. The number of carbonyl (C=O) groups is 1. The van der Waals surface area contributed by atoms with E-state index in [1.54, 1.807) is 12.1 Å². The molecule has 2 aromatic rings. The molecule has 0 heterocycles. The van der Waals surface area contributed by atoms with Gasteiger partial charge in [0.15, 0.2) is 0 Å². The van der Waals surface area contributed by atoms with Crippen molar-refractivity contribution in [2.24, 2.45) is 5.10 Å². The van der Waals surface area contributed by atoms with E-state index in [4.69, 9.17) is 5.11 Å². The lowest BCUT2D eigenvalue weighted by molar-refractivity contribution is -0.121. The number of likely N-dealkylation sites (N-methyl/N-ethyl adjacent to an activating group) is 1. The summed E-state index contributed by atoms with van der Waals surface area (Å²) in [7, 11) is -2.67. The summed E-state index contributed by atoms with van der Waals surface area (Å²) >= 11 is 0. The second kappa shape index (κ2) is 7.86. The van der Waals surface area contributed by atoms with Crippen LogP contribution in [0, 0.1) is 5.82 Å². The van der Waals surface area contributed by atoms with Gasteiger partial charge in [0.1, 0.15) is 11.6 Å². The highest BCUT2D eigenvalue weighted by atomic mass is 32.2. The first-order chi connectivity index (χ1) is 11.8. The van der Waals surface area contributed by atoms with Gasteiger partial charge >= 0.3 is 0 Å². The Balaban J connectivity index is 1.95. The van der Waals surface area contributed by atoms with E-state index in [-0.39, 0.29) is 10.6 Å². The Bertz CT molecular complexity index is 865. The average Bonchev–Trinajstić information content (AvgIpc) is 2.57. The Morgan fingerprint density at radius 2 is 1.80 bits per heavy atom. The number of hydrogen-bond acceptors (Lipinski definition) is 5. The molecule has 132 valence electrons. The number of benzene rings is 2. The number of amides is 1. The topological polar surface area (TPSA) is 99.1 Å². The third-order valence-corrected chi connectivity index (χ3v) is 5.00. The highest BCUT2D eigenvalue weighted by Crippen LogP contribution is 2.14. The van der Waals surface area contributed by atoms with E-state index in [0.717, 1.165) is 28.6 Å². The van der Waals surface area contributed by atoms with Gasteiger partial charge in [-0.1, -0.05) is 0 Å². The largest absolute Gasteiger partial charge is 0.508 e. The monoisotopic (exact) mass is 365 g/mol. The number of sulfonamides is 1. The fourth-order valence-electron chi connectivity index (χ4n) is 1.85. The second-order valence-corrected chi connectivity index (χ2v) is 7.14. The fraction of sp³-hybridized carbons (Fsp3) is 0.125. The molecule has 0 atom stereocenters. The van der Waals surface area contributed by atoms with Gasteiger partial charge in [-0.3, -0.25) is 4.79 Å². The molecular weight excluding hydrogens is 349 g/mol. The van der Waals surface area contributed by atoms with E-state index in [1.165, 1.54) is 25.4 Å². The normalized spacial score (nSPS) is 11.8. The van der Waals surface area contributed by atoms with Crippen molar-refractivity contribution in [1.82, 2.24) is 9.73 Å².